The molecule has 0 unspecified atom stereocenters. The van der Waals surface area contributed by atoms with Gasteiger partial charge in [0.1, 0.15) is 5.82 Å². The van der Waals surface area contributed by atoms with Crippen molar-refractivity contribution in [1.82, 2.24) is 15.0 Å². The fourth-order valence-corrected chi connectivity index (χ4v) is 2.57. The number of benzene rings is 1. The summed E-state index contributed by atoms with van der Waals surface area (Å²) >= 11 is 6.23. The Hall–Kier alpha value is -2.66. The molecule has 2 aromatic heterocycles. The molecule has 6 heteroatoms. The largest absolute Gasteiger partial charge is 0.352 e. The molecule has 0 spiro atoms. The predicted molar refractivity (Wildman–Crippen MR) is 108 cm³/mol. The van der Waals surface area contributed by atoms with Crippen molar-refractivity contribution < 1.29 is 0 Å². The molecule has 3 aromatic rings. The number of pyridine rings is 1. The molecule has 0 aliphatic carbocycles. The number of halogens is 1. The maximum atomic E-state index is 6.23. The average molecular weight is 368 g/mol. The number of rotatable bonds is 6. The van der Waals surface area contributed by atoms with E-state index in [1.807, 2.05) is 43.3 Å². The van der Waals surface area contributed by atoms with E-state index in [9.17, 15) is 0 Å². The smallest absolute Gasteiger partial charge is 0.225 e. The van der Waals surface area contributed by atoms with Crippen molar-refractivity contribution in [3.63, 3.8) is 0 Å². The molecule has 1 atom stereocenters. The molecular weight excluding hydrogens is 346 g/mol. The van der Waals surface area contributed by atoms with Crippen LogP contribution in [0, 0.1) is 6.92 Å². The fraction of sp³-hybridized carbons (Fsp3) is 0.250. The lowest BCUT2D eigenvalue weighted by Crippen LogP contribution is -2.16. The minimum Gasteiger partial charge on any atom is -0.352 e. The molecule has 3 rings (SSSR count). The number of nitrogens with zero attached hydrogens (tertiary/aromatic N) is 3. The van der Waals surface area contributed by atoms with Crippen molar-refractivity contribution in [2.24, 2.45) is 0 Å². The molecule has 0 amide bonds. The maximum Gasteiger partial charge on any atom is 0.225 e. The predicted octanol–water partition coefficient (Wildman–Crippen LogP) is 5.45. The summed E-state index contributed by atoms with van der Waals surface area (Å²) in [6, 6.07) is 11.9. The van der Waals surface area contributed by atoms with Crippen LogP contribution in [0.25, 0.3) is 11.3 Å². The van der Waals surface area contributed by atoms with Gasteiger partial charge in [0.2, 0.25) is 5.95 Å². The van der Waals surface area contributed by atoms with E-state index in [1.165, 1.54) is 0 Å². The molecule has 0 aliphatic heterocycles. The summed E-state index contributed by atoms with van der Waals surface area (Å²) in [6.07, 6.45) is 4.50. The van der Waals surface area contributed by atoms with Crippen molar-refractivity contribution in [3.05, 3.63) is 59.4 Å². The van der Waals surface area contributed by atoms with Gasteiger partial charge in [-0.15, -0.1) is 0 Å². The van der Waals surface area contributed by atoms with Crippen LogP contribution in [-0.2, 0) is 0 Å². The van der Waals surface area contributed by atoms with Gasteiger partial charge in [0.05, 0.1) is 5.69 Å². The van der Waals surface area contributed by atoms with Crippen molar-refractivity contribution in [2.75, 3.05) is 10.6 Å². The van der Waals surface area contributed by atoms with Crippen molar-refractivity contribution in [1.29, 1.82) is 0 Å². The Bertz CT molecular complexity index is 883. The monoisotopic (exact) mass is 367 g/mol. The van der Waals surface area contributed by atoms with Crippen LogP contribution in [0.15, 0.2) is 48.8 Å². The summed E-state index contributed by atoms with van der Waals surface area (Å²) in [7, 11) is 0. The van der Waals surface area contributed by atoms with Crippen LogP contribution in [0.3, 0.4) is 0 Å². The van der Waals surface area contributed by atoms with E-state index in [0.29, 0.717) is 11.8 Å². The van der Waals surface area contributed by atoms with Gasteiger partial charge in [0.25, 0.3) is 0 Å². The molecule has 0 fully saturated rings. The minimum atomic E-state index is 0.282. The van der Waals surface area contributed by atoms with E-state index in [0.717, 1.165) is 34.0 Å². The number of aryl methyl sites for hydroxylation is 1. The summed E-state index contributed by atoms with van der Waals surface area (Å²) in [5.41, 5.74) is 3.74. The van der Waals surface area contributed by atoms with Gasteiger partial charge in [0.15, 0.2) is 0 Å². The first-order valence-corrected chi connectivity index (χ1v) is 9.02. The number of aromatic nitrogens is 3. The Balaban J connectivity index is 1.97. The van der Waals surface area contributed by atoms with Crippen LogP contribution >= 0.6 is 11.6 Å². The van der Waals surface area contributed by atoms with Gasteiger partial charge in [-0.3, -0.25) is 4.98 Å². The third-order valence-corrected chi connectivity index (χ3v) is 4.54. The molecule has 0 aliphatic rings. The number of anilines is 3. The van der Waals surface area contributed by atoms with E-state index in [1.54, 1.807) is 12.4 Å². The lowest BCUT2D eigenvalue weighted by Gasteiger charge is -2.15. The second kappa shape index (κ2) is 8.15. The Labute approximate surface area is 158 Å². The minimum absolute atomic E-state index is 0.282. The third kappa shape index (κ3) is 4.49. The van der Waals surface area contributed by atoms with Crippen LogP contribution in [-0.4, -0.2) is 21.0 Å². The Morgan fingerprint density at radius 1 is 1.08 bits per heavy atom. The molecule has 26 heavy (non-hydrogen) atoms. The van der Waals surface area contributed by atoms with Gasteiger partial charge in [-0.2, -0.15) is 4.98 Å². The maximum absolute atomic E-state index is 6.23. The van der Waals surface area contributed by atoms with Crippen LogP contribution in [0.2, 0.25) is 5.02 Å². The molecule has 134 valence electrons. The standard InChI is InChI=1S/C20H22ClN5/c1-4-14(3)23-20-25-18(15-7-9-22-10-8-15)12-19(26-20)24-16-6-5-13(2)17(21)11-16/h5-12,14H,4H2,1-3H3,(H2,23,24,25,26)/t14-/m0/s1. The first-order chi connectivity index (χ1) is 12.5. The lowest BCUT2D eigenvalue weighted by atomic mass is 10.2. The normalized spacial score (nSPS) is 11.8. The fourth-order valence-electron chi connectivity index (χ4n) is 2.39. The summed E-state index contributed by atoms with van der Waals surface area (Å²) in [5, 5.41) is 7.39. The first kappa shape index (κ1) is 18.1. The van der Waals surface area contributed by atoms with E-state index in [-0.39, 0.29) is 6.04 Å². The van der Waals surface area contributed by atoms with Gasteiger partial charge in [-0.25, -0.2) is 4.98 Å². The second-order valence-corrected chi connectivity index (χ2v) is 6.65. The molecular formula is C20H22ClN5. The van der Waals surface area contributed by atoms with E-state index >= 15 is 0 Å². The van der Waals surface area contributed by atoms with Gasteiger partial charge < -0.3 is 10.6 Å². The van der Waals surface area contributed by atoms with Crippen LogP contribution in [0.5, 0.6) is 0 Å². The van der Waals surface area contributed by atoms with Crippen molar-refractivity contribution in [3.8, 4) is 11.3 Å². The van der Waals surface area contributed by atoms with Gasteiger partial charge >= 0.3 is 0 Å². The van der Waals surface area contributed by atoms with Crippen molar-refractivity contribution in [2.45, 2.75) is 33.2 Å². The Morgan fingerprint density at radius 3 is 2.54 bits per heavy atom. The SMILES string of the molecule is CC[C@H](C)Nc1nc(Nc2ccc(C)c(Cl)c2)cc(-c2ccncc2)n1. The number of hydrogen-bond acceptors (Lipinski definition) is 5. The molecule has 0 radical (unpaired) electrons. The van der Waals surface area contributed by atoms with Crippen LogP contribution < -0.4 is 10.6 Å². The zero-order valence-electron chi connectivity index (χ0n) is 15.1. The molecule has 2 heterocycles. The highest BCUT2D eigenvalue weighted by Gasteiger charge is 2.09. The van der Waals surface area contributed by atoms with Gasteiger partial charge in [0, 0.05) is 40.8 Å². The summed E-state index contributed by atoms with van der Waals surface area (Å²) in [6.45, 7) is 6.21. The summed E-state index contributed by atoms with van der Waals surface area (Å²) in [5.74, 6) is 1.30. The highest BCUT2D eigenvalue weighted by molar-refractivity contribution is 6.31. The zero-order valence-corrected chi connectivity index (χ0v) is 15.9. The Kier molecular flexibility index (Phi) is 5.68. The number of nitrogens with one attached hydrogen (secondary N) is 2. The Morgan fingerprint density at radius 2 is 1.85 bits per heavy atom. The van der Waals surface area contributed by atoms with Gasteiger partial charge in [-0.1, -0.05) is 24.6 Å². The number of hydrogen-bond donors (Lipinski definition) is 2. The second-order valence-electron chi connectivity index (χ2n) is 6.24. The van der Waals surface area contributed by atoms with Gasteiger partial charge in [-0.05, 0) is 50.1 Å². The van der Waals surface area contributed by atoms with E-state index in [4.69, 9.17) is 11.6 Å². The molecule has 2 N–H and O–H groups in total. The molecule has 0 saturated heterocycles. The average Bonchev–Trinajstić information content (AvgIpc) is 2.65. The lowest BCUT2D eigenvalue weighted by molar-refractivity contribution is 0.753. The zero-order chi connectivity index (χ0) is 18.5. The van der Waals surface area contributed by atoms with Crippen LogP contribution in [0.4, 0.5) is 17.5 Å². The summed E-state index contributed by atoms with van der Waals surface area (Å²) < 4.78 is 0. The van der Waals surface area contributed by atoms with E-state index < -0.39 is 0 Å². The highest BCUT2D eigenvalue weighted by atomic mass is 35.5. The van der Waals surface area contributed by atoms with Crippen LogP contribution in [0.1, 0.15) is 25.8 Å². The first-order valence-electron chi connectivity index (χ1n) is 8.64. The topological polar surface area (TPSA) is 62.7 Å². The molecule has 0 saturated carbocycles. The summed E-state index contributed by atoms with van der Waals surface area (Å²) in [4.78, 5) is 13.3. The molecule has 5 nitrogen and oxygen atoms in total. The third-order valence-electron chi connectivity index (χ3n) is 4.13. The molecule has 0 bridgehead atoms. The van der Waals surface area contributed by atoms with Crippen molar-refractivity contribution >= 4 is 29.1 Å². The highest BCUT2D eigenvalue weighted by Crippen LogP contribution is 2.26. The molecule has 1 aromatic carbocycles. The quantitative estimate of drug-likeness (QED) is 0.606. The van der Waals surface area contributed by atoms with E-state index in [2.05, 4.69) is 39.4 Å².